The molecule has 0 aliphatic carbocycles. The molecule has 1 aliphatic heterocycles. The second-order valence-electron chi connectivity index (χ2n) is 6.47. The molecule has 0 saturated carbocycles. The number of benzene rings is 1. The quantitative estimate of drug-likeness (QED) is 0.817. The predicted octanol–water partition coefficient (Wildman–Crippen LogP) is 3.32. The topological polar surface area (TPSA) is 77.2 Å². The molecule has 2 atom stereocenters. The Balaban J connectivity index is 1.72. The van der Waals surface area contributed by atoms with Gasteiger partial charge >= 0.3 is 5.97 Å². The fraction of sp³-hybridized carbons (Fsp3) is 0.400. The van der Waals surface area contributed by atoms with Gasteiger partial charge in [0.1, 0.15) is 0 Å². The number of ether oxygens (including phenoxy) is 1. The van der Waals surface area contributed by atoms with Crippen LogP contribution >= 0.6 is 0 Å². The van der Waals surface area contributed by atoms with Crippen molar-refractivity contribution in [1.82, 2.24) is 10.3 Å². The maximum atomic E-state index is 11.7. The summed E-state index contributed by atoms with van der Waals surface area (Å²) in [6.45, 7) is 3.13. The third-order valence-electron chi connectivity index (χ3n) is 4.66. The largest absolute Gasteiger partial charge is 0.466 e. The van der Waals surface area contributed by atoms with Gasteiger partial charge in [0.05, 0.1) is 24.0 Å². The highest BCUT2D eigenvalue weighted by atomic mass is 16.5. The lowest BCUT2D eigenvalue weighted by molar-refractivity contribution is -0.144. The van der Waals surface area contributed by atoms with E-state index in [1.165, 1.54) is 0 Å². The minimum Gasteiger partial charge on any atom is -0.466 e. The lowest BCUT2D eigenvalue weighted by Crippen LogP contribution is -2.33. The van der Waals surface area contributed by atoms with Gasteiger partial charge in [-0.15, -0.1) is 0 Å². The van der Waals surface area contributed by atoms with Crippen LogP contribution in [0.1, 0.15) is 37.9 Å². The molecule has 5 heteroatoms. The minimum atomic E-state index is -0.117. The number of anilines is 1. The van der Waals surface area contributed by atoms with Crippen molar-refractivity contribution >= 4 is 11.7 Å². The number of esters is 1. The van der Waals surface area contributed by atoms with Gasteiger partial charge in [0.15, 0.2) is 0 Å². The van der Waals surface area contributed by atoms with Crippen LogP contribution in [0.25, 0.3) is 11.1 Å². The van der Waals surface area contributed by atoms with Crippen LogP contribution in [0, 0.1) is 5.92 Å². The predicted molar refractivity (Wildman–Crippen MR) is 98.8 cm³/mol. The smallest absolute Gasteiger partial charge is 0.306 e. The SMILES string of the molecule is CCOC(=O)CC1CCNC(c2ncc(-c3ccccc3)cc2N)C1. The molecule has 0 radical (unpaired) electrons. The number of nitrogens with one attached hydrogen (secondary N) is 1. The summed E-state index contributed by atoms with van der Waals surface area (Å²) in [4.78, 5) is 16.4. The van der Waals surface area contributed by atoms with Crippen LogP contribution in [0.2, 0.25) is 0 Å². The molecule has 1 aromatic carbocycles. The first-order chi connectivity index (χ1) is 12.2. The molecule has 3 N–H and O–H groups in total. The summed E-state index contributed by atoms with van der Waals surface area (Å²) in [6, 6.07) is 12.1. The number of piperidine rings is 1. The molecule has 1 saturated heterocycles. The summed E-state index contributed by atoms with van der Waals surface area (Å²) in [6.07, 6.45) is 4.16. The van der Waals surface area contributed by atoms with Crippen LogP contribution in [-0.2, 0) is 9.53 Å². The molecule has 0 amide bonds. The van der Waals surface area contributed by atoms with Crippen molar-refractivity contribution in [2.75, 3.05) is 18.9 Å². The minimum absolute atomic E-state index is 0.0815. The molecule has 0 bridgehead atoms. The number of hydrogen-bond acceptors (Lipinski definition) is 5. The first-order valence-electron chi connectivity index (χ1n) is 8.87. The lowest BCUT2D eigenvalue weighted by Gasteiger charge is -2.30. The standard InChI is InChI=1S/C20H25N3O2/c1-2-25-19(24)11-14-8-9-22-18(10-14)20-17(21)12-16(13-23-20)15-6-4-3-5-7-15/h3-7,12-14,18,22H,2,8-11,21H2,1H3. The Morgan fingerprint density at radius 3 is 2.84 bits per heavy atom. The number of carbonyl (C=O) groups is 1. The van der Waals surface area contributed by atoms with Crippen molar-refractivity contribution in [3.8, 4) is 11.1 Å². The first kappa shape index (κ1) is 17.4. The monoisotopic (exact) mass is 339 g/mol. The maximum Gasteiger partial charge on any atom is 0.306 e. The van der Waals surface area contributed by atoms with E-state index in [-0.39, 0.29) is 12.0 Å². The van der Waals surface area contributed by atoms with E-state index in [1.54, 1.807) is 0 Å². The van der Waals surface area contributed by atoms with Crippen molar-refractivity contribution in [2.45, 2.75) is 32.2 Å². The molecule has 1 aliphatic rings. The Morgan fingerprint density at radius 1 is 1.32 bits per heavy atom. The van der Waals surface area contributed by atoms with Gasteiger partial charge in [-0.25, -0.2) is 0 Å². The van der Waals surface area contributed by atoms with E-state index >= 15 is 0 Å². The second kappa shape index (κ2) is 8.12. The molecule has 2 aromatic rings. The Bertz CT molecular complexity index is 718. The zero-order valence-electron chi connectivity index (χ0n) is 14.6. The molecule has 1 aromatic heterocycles. The van der Waals surface area contributed by atoms with Crippen molar-refractivity contribution in [3.05, 3.63) is 48.3 Å². The average Bonchev–Trinajstić information content (AvgIpc) is 2.63. The van der Waals surface area contributed by atoms with Gasteiger partial charge in [-0.1, -0.05) is 30.3 Å². The summed E-state index contributed by atoms with van der Waals surface area (Å²) in [5.41, 5.74) is 9.97. The van der Waals surface area contributed by atoms with Gasteiger partial charge in [0.2, 0.25) is 0 Å². The van der Waals surface area contributed by atoms with Crippen LogP contribution in [0.15, 0.2) is 42.6 Å². The summed E-state index contributed by atoms with van der Waals surface area (Å²) < 4.78 is 5.07. The van der Waals surface area contributed by atoms with Gasteiger partial charge < -0.3 is 15.8 Å². The molecule has 2 heterocycles. The molecule has 2 unspecified atom stereocenters. The van der Waals surface area contributed by atoms with Gasteiger partial charge in [0.25, 0.3) is 0 Å². The first-order valence-corrected chi connectivity index (χ1v) is 8.87. The molecule has 25 heavy (non-hydrogen) atoms. The Morgan fingerprint density at radius 2 is 2.12 bits per heavy atom. The molecule has 5 nitrogen and oxygen atoms in total. The van der Waals surface area contributed by atoms with E-state index in [9.17, 15) is 4.79 Å². The average molecular weight is 339 g/mol. The van der Waals surface area contributed by atoms with Crippen LogP contribution in [-0.4, -0.2) is 24.1 Å². The summed E-state index contributed by atoms with van der Waals surface area (Å²) in [5, 5.41) is 3.48. The fourth-order valence-corrected chi connectivity index (χ4v) is 3.42. The Hall–Kier alpha value is -2.40. The zero-order chi connectivity index (χ0) is 17.6. The van der Waals surface area contributed by atoms with Crippen LogP contribution < -0.4 is 11.1 Å². The van der Waals surface area contributed by atoms with Crippen molar-refractivity contribution < 1.29 is 9.53 Å². The molecular formula is C20H25N3O2. The highest BCUT2D eigenvalue weighted by molar-refractivity contribution is 5.70. The summed E-state index contributed by atoms with van der Waals surface area (Å²) in [7, 11) is 0. The van der Waals surface area contributed by atoms with Crippen LogP contribution in [0.5, 0.6) is 0 Å². The number of nitrogens with two attached hydrogens (primary N) is 1. The zero-order valence-corrected chi connectivity index (χ0v) is 14.6. The number of rotatable bonds is 5. The third kappa shape index (κ3) is 4.37. The third-order valence-corrected chi connectivity index (χ3v) is 4.66. The molecule has 132 valence electrons. The second-order valence-corrected chi connectivity index (χ2v) is 6.47. The number of carbonyl (C=O) groups excluding carboxylic acids is 1. The van der Waals surface area contributed by atoms with E-state index in [2.05, 4.69) is 10.3 Å². The Labute approximate surface area is 148 Å². The summed E-state index contributed by atoms with van der Waals surface area (Å²) in [5.74, 6) is 0.189. The number of hydrogen-bond donors (Lipinski definition) is 2. The van der Waals surface area contributed by atoms with Crippen molar-refractivity contribution in [3.63, 3.8) is 0 Å². The van der Waals surface area contributed by atoms with E-state index in [0.29, 0.717) is 24.6 Å². The van der Waals surface area contributed by atoms with Crippen LogP contribution in [0.4, 0.5) is 5.69 Å². The highest BCUT2D eigenvalue weighted by Crippen LogP contribution is 2.32. The van der Waals surface area contributed by atoms with Gasteiger partial charge in [-0.3, -0.25) is 9.78 Å². The van der Waals surface area contributed by atoms with E-state index in [1.807, 2.05) is 49.5 Å². The highest BCUT2D eigenvalue weighted by Gasteiger charge is 2.27. The molecule has 0 spiro atoms. The maximum absolute atomic E-state index is 11.7. The number of pyridine rings is 1. The van der Waals surface area contributed by atoms with E-state index in [4.69, 9.17) is 10.5 Å². The molecular weight excluding hydrogens is 314 g/mol. The van der Waals surface area contributed by atoms with E-state index in [0.717, 1.165) is 36.2 Å². The van der Waals surface area contributed by atoms with Gasteiger partial charge in [-0.2, -0.15) is 0 Å². The van der Waals surface area contributed by atoms with Crippen LogP contribution in [0.3, 0.4) is 0 Å². The van der Waals surface area contributed by atoms with Gasteiger partial charge in [0, 0.05) is 18.2 Å². The van der Waals surface area contributed by atoms with Crippen molar-refractivity contribution in [2.24, 2.45) is 5.92 Å². The fourth-order valence-electron chi connectivity index (χ4n) is 3.42. The lowest BCUT2D eigenvalue weighted by atomic mass is 9.87. The normalized spacial score (nSPS) is 20.2. The molecule has 3 rings (SSSR count). The number of aromatic nitrogens is 1. The number of nitrogens with zero attached hydrogens (tertiary/aromatic N) is 1. The van der Waals surface area contributed by atoms with Crippen molar-refractivity contribution in [1.29, 1.82) is 0 Å². The van der Waals surface area contributed by atoms with E-state index < -0.39 is 0 Å². The van der Waals surface area contributed by atoms with Gasteiger partial charge in [-0.05, 0) is 43.9 Å². The summed E-state index contributed by atoms with van der Waals surface area (Å²) >= 11 is 0. The molecule has 1 fully saturated rings. The number of nitrogen functional groups attached to an aromatic ring is 1. The Kier molecular flexibility index (Phi) is 5.66.